The summed E-state index contributed by atoms with van der Waals surface area (Å²) in [5.74, 6) is 2.04. The van der Waals surface area contributed by atoms with E-state index in [2.05, 4.69) is 92.7 Å². The van der Waals surface area contributed by atoms with E-state index in [0.717, 1.165) is 37.6 Å². The molecule has 0 heterocycles. The standard InChI is InChI=1S/C25H28O2/c1-3-18-26-23-14-10-21(11-15-23)25(20-8-6-5-7-9-20)22-12-16-24(17-13-22)27-19-4-2/h5-17,25H,3-4,18-19H2,1-2H3. The van der Waals surface area contributed by atoms with E-state index in [4.69, 9.17) is 9.47 Å². The highest BCUT2D eigenvalue weighted by Crippen LogP contribution is 2.33. The summed E-state index contributed by atoms with van der Waals surface area (Å²) in [4.78, 5) is 0. The first-order chi connectivity index (χ1) is 13.3. The van der Waals surface area contributed by atoms with Gasteiger partial charge < -0.3 is 9.47 Å². The summed E-state index contributed by atoms with van der Waals surface area (Å²) in [6.07, 6.45) is 2.03. The van der Waals surface area contributed by atoms with Crippen molar-refractivity contribution in [2.24, 2.45) is 0 Å². The van der Waals surface area contributed by atoms with Gasteiger partial charge in [-0.2, -0.15) is 0 Å². The summed E-state index contributed by atoms with van der Waals surface area (Å²) in [5.41, 5.74) is 3.79. The Morgan fingerprint density at radius 1 is 0.556 bits per heavy atom. The van der Waals surface area contributed by atoms with Crippen LogP contribution < -0.4 is 9.47 Å². The SMILES string of the molecule is CCCOc1ccc(C(c2ccccc2)c2ccc(OCCC)cc2)cc1. The van der Waals surface area contributed by atoms with E-state index in [1.54, 1.807) is 0 Å². The molecule has 0 aromatic heterocycles. The van der Waals surface area contributed by atoms with E-state index in [9.17, 15) is 0 Å². The molecule has 27 heavy (non-hydrogen) atoms. The molecule has 0 atom stereocenters. The van der Waals surface area contributed by atoms with Crippen molar-refractivity contribution in [2.45, 2.75) is 32.6 Å². The third-order valence-corrected chi connectivity index (χ3v) is 4.51. The van der Waals surface area contributed by atoms with Crippen molar-refractivity contribution >= 4 is 0 Å². The molecule has 0 saturated heterocycles. The molecule has 0 aliphatic heterocycles. The van der Waals surface area contributed by atoms with Crippen molar-refractivity contribution in [1.82, 2.24) is 0 Å². The highest BCUT2D eigenvalue weighted by atomic mass is 16.5. The maximum absolute atomic E-state index is 5.74. The molecule has 3 aromatic carbocycles. The van der Waals surface area contributed by atoms with Gasteiger partial charge in [-0.1, -0.05) is 68.4 Å². The Labute approximate surface area is 162 Å². The number of hydrogen-bond donors (Lipinski definition) is 0. The number of hydrogen-bond acceptors (Lipinski definition) is 2. The van der Waals surface area contributed by atoms with Crippen LogP contribution in [0.2, 0.25) is 0 Å². The molecule has 0 unspecified atom stereocenters. The first-order valence-electron chi connectivity index (χ1n) is 9.82. The summed E-state index contributed by atoms with van der Waals surface area (Å²) in [6.45, 7) is 5.74. The van der Waals surface area contributed by atoms with Crippen LogP contribution in [0, 0.1) is 0 Å². The molecule has 2 heteroatoms. The van der Waals surface area contributed by atoms with Crippen LogP contribution in [0.25, 0.3) is 0 Å². The van der Waals surface area contributed by atoms with E-state index >= 15 is 0 Å². The Morgan fingerprint density at radius 2 is 0.963 bits per heavy atom. The van der Waals surface area contributed by atoms with E-state index in [1.165, 1.54) is 16.7 Å². The predicted octanol–water partition coefficient (Wildman–Crippen LogP) is 6.44. The van der Waals surface area contributed by atoms with E-state index in [1.807, 2.05) is 0 Å². The Kier molecular flexibility index (Phi) is 6.92. The van der Waals surface area contributed by atoms with Gasteiger partial charge >= 0.3 is 0 Å². The van der Waals surface area contributed by atoms with E-state index in [0.29, 0.717) is 0 Å². The molecule has 0 N–H and O–H groups in total. The summed E-state index contributed by atoms with van der Waals surface area (Å²) in [5, 5.41) is 0. The minimum atomic E-state index is 0.187. The number of benzene rings is 3. The fourth-order valence-corrected chi connectivity index (χ4v) is 3.18. The maximum Gasteiger partial charge on any atom is 0.119 e. The van der Waals surface area contributed by atoms with Gasteiger partial charge in [-0.15, -0.1) is 0 Å². The quantitative estimate of drug-likeness (QED) is 0.409. The first kappa shape index (κ1) is 19.0. The Bertz CT molecular complexity index is 740. The van der Waals surface area contributed by atoms with Gasteiger partial charge in [0, 0.05) is 5.92 Å². The minimum Gasteiger partial charge on any atom is -0.494 e. The van der Waals surface area contributed by atoms with Crippen molar-refractivity contribution in [3.05, 3.63) is 95.6 Å². The minimum absolute atomic E-state index is 0.187. The van der Waals surface area contributed by atoms with Gasteiger partial charge in [0.15, 0.2) is 0 Å². The molecule has 3 rings (SSSR count). The van der Waals surface area contributed by atoms with Crippen LogP contribution in [0.3, 0.4) is 0 Å². The lowest BCUT2D eigenvalue weighted by atomic mass is 9.85. The van der Waals surface area contributed by atoms with Crippen molar-refractivity contribution in [3.63, 3.8) is 0 Å². The molecule has 3 aromatic rings. The van der Waals surface area contributed by atoms with Crippen molar-refractivity contribution in [3.8, 4) is 11.5 Å². The third-order valence-electron chi connectivity index (χ3n) is 4.51. The van der Waals surface area contributed by atoms with Gasteiger partial charge in [-0.3, -0.25) is 0 Å². The van der Waals surface area contributed by atoms with Crippen LogP contribution in [0.5, 0.6) is 11.5 Å². The van der Waals surface area contributed by atoms with Crippen LogP contribution in [0.15, 0.2) is 78.9 Å². The van der Waals surface area contributed by atoms with Crippen molar-refractivity contribution in [2.75, 3.05) is 13.2 Å². The first-order valence-corrected chi connectivity index (χ1v) is 9.82. The smallest absolute Gasteiger partial charge is 0.119 e. The lowest BCUT2D eigenvalue weighted by molar-refractivity contribution is 0.317. The molecule has 0 bridgehead atoms. The molecule has 0 aliphatic rings. The molecule has 2 nitrogen and oxygen atoms in total. The molecule has 0 aliphatic carbocycles. The number of rotatable bonds is 9. The fourth-order valence-electron chi connectivity index (χ4n) is 3.18. The number of ether oxygens (including phenoxy) is 2. The largest absolute Gasteiger partial charge is 0.494 e. The topological polar surface area (TPSA) is 18.5 Å². The molecular weight excluding hydrogens is 332 g/mol. The van der Waals surface area contributed by atoms with Gasteiger partial charge in [0.1, 0.15) is 11.5 Å². The van der Waals surface area contributed by atoms with Gasteiger partial charge in [-0.05, 0) is 53.8 Å². The zero-order valence-corrected chi connectivity index (χ0v) is 16.2. The molecular formula is C25H28O2. The van der Waals surface area contributed by atoms with Crippen LogP contribution in [0.4, 0.5) is 0 Å². The summed E-state index contributed by atoms with van der Waals surface area (Å²) >= 11 is 0. The van der Waals surface area contributed by atoms with Gasteiger partial charge in [0.05, 0.1) is 13.2 Å². The van der Waals surface area contributed by atoms with Gasteiger partial charge in [-0.25, -0.2) is 0 Å². The zero-order chi connectivity index (χ0) is 18.9. The second-order valence-electron chi connectivity index (χ2n) is 6.68. The highest BCUT2D eigenvalue weighted by Gasteiger charge is 2.16. The molecule has 0 radical (unpaired) electrons. The lowest BCUT2D eigenvalue weighted by Gasteiger charge is -2.20. The predicted molar refractivity (Wildman–Crippen MR) is 112 cm³/mol. The normalized spacial score (nSPS) is 10.8. The molecule has 0 saturated carbocycles. The van der Waals surface area contributed by atoms with E-state index < -0.39 is 0 Å². The third kappa shape index (κ3) is 5.13. The maximum atomic E-state index is 5.74. The monoisotopic (exact) mass is 360 g/mol. The Balaban J connectivity index is 1.90. The van der Waals surface area contributed by atoms with Gasteiger partial charge in [0.25, 0.3) is 0 Å². The lowest BCUT2D eigenvalue weighted by Crippen LogP contribution is -2.04. The Hall–Kier alpha value is -2.74. The summed E-state index contributed by atoms with van der Waals surface area (Å²) < 4.78 is 11.5. The zero-order valence-electron chi connectivity index (χ0n) is 16.2. The van der Waals surface area contributed by atoms with Crippen molar-refractivity contribution in [1.29, 1.82) is 0 Å². The molecule has 140 valence electrons. The van der Waals surface area contributed by atoms with E-state index in [-0.39, 0.29) is 5.92 Å². The second kappa shape index (κ2) is 9.82. The summed E-state index contributed by atoms with van der Waals surface area (Å²) in [7, 11) is 0. The Morgan fingerprint density at radius 3 is 1.37 bits per heavy atom. The average molecular weight is 360 g/mol. The molecule has 0 spiro atoms. The molecule has 0 fully saturated rings. The van der Waals surface area contributed by atoms with Crippen LogP contribution in [-0.4, -0.2) is 13.2 Å². The van der Waals surface area contributed by atoms with Crippen LogP contribution in [0.1, 0.15) is 49.3 Å². The fraction of sp³-hybridized carbons (Fsp3) is 0.280. The molecule has 0 amide bonds. The van der Waals surface area contributed by atoms with Gasteiger partial charge in [0.2, 0.25) is 0 Å². The highest BCUT2D eigenvalue weighted by molar-refractivity contribution is 5.45. The van der Waals surface area contributed by atoms with Crippen LogP contribution in [-0.2, 0) is 0 Å². The second-order valence-corrected chi connectivity index (χ2v) is 6.68. The van der Waals surface area contributed by atoms with Crippen molar-refractivity contribution < 1.29 is 9.47 Å². The average Bonchev–Trinajstić information content (AvgIpc) is 2.73. The van der Waals surface area contributed by atoms with Crippen LogP contribution >= 0.6 is 0 Å². The summed E-state index contributed by atoms with van der Waals surface area (Å²) in [6, 6.07) is 27.6.